The van der Waals surface area contributed by atoms with Crippen LogP contribution in [0.3, 0.4) is 0 Å². The Labute approximate surface area is 115 Å². The van der Waals surface area contributed by atoms with E-state index in [1.54, 1.807) is 19.1 Å². The predicted octanol–water partition coefficient (Wildman–Crippen LogP) is 3.71. The van der Waals surface area contributed by atoms with Crippen LogP contribution in [0.15, 0.2) is 18.2 Å². The van der Waals surface area contributed by atoms with Gasteiger partial charge < -0.3 is 0 Å². The Hall–Kier alpha value is -1.75. The van der Waals surface area contributed by atoms with E-state index in [0.717, 1.165) is 17.0 Å². The van der Waals surface area contributed by atoms with Gasteiger partial charge in [-0.15, -0.1) is 11.3 Å². The second kappa shape index (κ2) is 5.48. The van der Waals surface area contributed by atoms with Gasteiger partial charge in [-0.3, -0.25) is 10.1 Å². The summed E-state index contributed by atoms with van der Waals surface area (Å²) in [5, 5.41) is 3.16. The fourth-order valence-electron chi connectivity index (χ4n) is 1.80. The molecule has 0 saturated heterocycles. The van der Waals surface area contributed by atoms with Crippen LogP contribution < -0.4 is 5.32 Å². The number of amides is 1. The topological polar surface area (TPSA) is 42.0 Å². The van der Waals surface area contributed by atoms with Gasteiger partial charge in [-0.1, -0.05) is 19.1 Å². The Morgan fingerprint density at radius 3 is 2.79 bits per heavy atom. The molecule has 2 aromatic rings. The summed E-state index contributed by atoms with van der Waals surface area (Å²) in [6, 6.07) is 4.77. The number of thiazole rings is 1. The lowest BCUT2D eigenvalue weighted by Crippen LogP contribution is -2.14. The molecule has 0 radical (unpaired) electrons. The summed E-state index contributed by atoms with van der Waals surface area (Å²) >= 11 is 1.41. The van der Waals surface area contributed by atoms with E-state index in [1.165, 1.54) is 17.4 Å². The molecular formula is C14H15FN2OS. The summed E-state index contributed by atoms with van der Waals surface area (Å²) in [5.74, 6) is -0.943. The van der Waals surface area contributed by atoms with Gasteiger partial charge in [0.05, 0.1) is 11.3 Å². The van der Waals surface area contributed by atoms with Crippen LogP contribution in [0.1, 0.15) is 33.4 Å². The Morgan fingerprint density at radius 2 is 2.16 bits per heavy atom. The highest BCUT2D eigenvalue weighted by atomic mass is 32.1. The van der Waals surface area contributed by atoms with Gasteiger partial charge in [0.1, 0.15) is 5.82 Å². The number of carbonyl (C=O) groups is 1. The number of hydrogen-bond donors (Lipinski definition) is 1. The van der Waals surface area contributed by atoms with E-state index in [4.69, 9.17) is 0 Å². The molecule has 5 heteroatoms. The van der Waals surface area contributed by atoms with E-state index >= 15 is 0 Å². The first-order valence-corrected chi connectivity index (χ1v) is 6.87. The molecule has 1 N–H and O–H groups in total. The smallest absolute Gasteiger partial charge is 0.260 e. The van der Waals surface area contributed by atoms with Crippen LogP contribution in [0.4, 0.5) is 9.52 Å². The van der Waals surface area contributed by atoms with Gasteiger partial charge in [-0.2, -0.15) is 0 Å². The number of hydrogen-bond acceptors (Lipinski definition) is 3. The molecule has 19 heavy (non-hydrogen) atoms. The largest absolute Gasteiger partial charge is 0.298 e. The van der Waals surface area contributed by atoms with Crippen LogP contribution in [0.2, 0.25) is 0 Å². The fourth-order valence-corrected chi connectivity index (χ4v) is 2.69. The molecule has 100 valence electrons. The lowest BCUT2D eigenvalue weighted by Gasteiger charge is -2.04. The maximum absolute atomic E-state index is 13.8. The lowest BCUT2D eigenvalue weighted by atomic mass is 10.1. The molecule has 0 aliphatic heterocycles. The second-order valence-electron chi connectivity index (χ2n) is 4.27. The molecule has 1 aromatic carbocycles. The molecule has 1 heterocycles. The highest BCUT2D eigenvalue weighted by molar-refractivity contribution is 7.15. The van der Waals surface area contributed by atoms with E-state index in [2.05, 4.69) is 10.3 Å². The number of rotatable bonds is 3. The molecule has 0 bridgehead atoms. The number of anilines is 1. The third-order valence-electron chi connectivity index (χ3n) is 2.88. The summed E-state index contributed by atoms with van der Waals surface area (Å²) in [6.45, 7) is 5.60. The van der Waals surface area contributed by atoms with E-state index < -0.39 is 11.7 Å². The number of carbonyl (C=O) groups excluding carboxylic acids is 1. The molecule has 2 rings (SSSR count). The Morgan fingerprint density at radius 1 is 1.42 bits per heavy atom. The van der Waals surface area contributed by atoms with Gasteiger partial charge in [0, 0.05) is 4.88 Å². The van der Waals surface area contributed by atoms with Crippen molar-refractivity contribution in [2.75, 3.05) is 5.32 Å². The first-order valence-electron chi connectivity index (χ1n) is 6.05. The van der Waals surface area contributed by atoms with Crippen molar-refractivity contribution in [2.24, 2.45) is 0 Å². The summed E-state index contributed by atoms with van der Waals surface area (Å²) in [7, 11) is 0. The van der Waals surface area contributed by atoms with Crippen molar-refractivity contribution in [3.8, 4) is 0 Å². The van der Waals surface area contributed by atoms with Crippen LogP contribution in [-0.2, 0) is 6.42 Å². The second-order valence-corrected chi connectivity index (χ2v) is 5.47. The molecule has 3 nitrogen and oxygen atoms in total. The summed E-state index contributed by atoms with van der Waals surface area (Å²) in [4.78, 5) is 17.4. The minimum Gasteiger partial charge on any atom is -0.298 e. The van der Waals surface area contributed by atoms with Crippen molar-refractivity contribution in [1.29, 1.82) is 0 Å². The third-order valence-corrected chi connectivity index (χ3v) is 3.81. The third kappa shape index (κ3) is 2.81. The maximum Gasteiger partial charge on any atom is 0.260 e. The van der Waals surface area contributed by atoms with Crippen LogP contribution in [-0.4, -0.2) is 10.9 Å². The molecule has 1 amide bonds. The van der Waals surface area contributed by atoms with Gasteiger partial charge in [0.2, 0.25) is 0 Å². The zero-order valence-corrected chi connectivity index (χ0v) is 11.9. The Kier molecular flexibility index (Phi) is 3.95. The van der Waals surface area contributed by atoms with Gasteiger partial charge in [0.25, 0.3) is 5.91 Å². The molecule has 1 aromatic heterocycles. The highest BCUT2D eigenvalue weighted by Crippen LogP contribution is 2.23. The van der Waals surface area contributed by atoms with Crippen molar-refractivity contribution < 1.29 is 9.18 Å². The molecule has 0 saturated carbocycles. The molecule has 0 fully saturated rings. The number of nitrogens with one attached hydrogen (secondary N) is 1. The van der Waals surface area contributed by atoms with Crippen molar-refractivity contribution >= 4 is 22.4 Å². The van der Waals surface area contributed by atoms with Crippen molar-refractivity contribution in [3.63, 3.8) is 0 Å². The van der Waals surface area contributed by atoms with Gasteiger partial charge in [-0.25, -0.2) is 9.37 Å². The first kappa shape index (κ1) is 13.7. The molecule has 0 aliphatic carbocycles. The molecule has 0 atom stereocenters. The van der Waals surface area contributed by atoms with Crippen LogP contribution in [0, 0.1) is 19.7 Å². The maximum atomic E-state index is 13.8. The summed E-state index contributed by atoms with van der Waals surface area (Å²) < 4.78 is 13.8. The van der Waals surface area contributed by atoms with E-state index in [0.29, 0.717) is 10.7 Å². The van der Waals surface area contributed by atoms with Gasteiger partial charge in [0.15, 0.2) is 5.13 Å². The number of benzene rings is 1. The standard InChI is InChI=1S/C14H15FN2OS/c1-4-11-9(3)19-14(16-11)17-13(18)10-7-5-6-8(2)12(10)15/h5-7H,4H2,1-3H3,(H,16,17,18). The van der Waals surface area contributed by atoms with Crippen molar-refractivity contribution in [2.45, 2.75) is 27.2 Å². The normalized spacial score (nSPS) is 10.5. The van der Waals surface area contributed by atoms with Crippen LogP contribution in [0.25, 0.3) is 0 Å². The molecule has 0 aliphatic rings. The van der Waals surface area contributed by atoms with Crippen LogP contribution in [0.5, 0.6) is 0 Å². The summed E-state index contributed by atoms with van der Waals surface area (Å²) in [5.41, 5.74) is 1.47. The number of aromatic nitrogens is 1. The molecule has 0 unspecified atom stereocenters. The van der Waals surface area contributed by atoms with E-state index in [1.807, 2.05) is 13.8 Å². The van der Waals surface area contributed by atoms with Crippen molar-refractivity contribution in [3.05, 3.63) is 45.7 Å². The van der Waals surface area contributed by atoms with Gasteiger partial charge in [-0.05, 0) is 31.9 Å². The first-order chi connectivity index (χ1) is 9.02. The van der Waals surface area contributed by atoms with Crippen molar-refractivity contribution in [1.82, 2.24) is 4.98 Å². The Balaban J connectivity index is 2.23. The number of halogens is 1. The summed E-state index contributed by atoms with van der Waals surface area (Å²) in [6.07, 6.45) is 0.816. The SMILES string of the molecule is CCc1nc(NC(=O)c2cccc(C)c2F)sc1C. The fraction of sp³-hybridized carbons (Fsp3) is 0.286. The van der Waals surface area contributed by atoms with Gasteiger partial charge >= 0.3 is 0 Å². The zero-order valence-electron chi connectivity index (χ0n) is 11.1. The average Bonchev–Trinajstić information content (AvgIpc) is 2.72. The quantitative estimate of drug-likeness (QED) is 0.929. The minimum absolute atomic E-state index is 0.0471. The van der Waals surface area contributed by atoms with Crippen LogP contribution >= 0.6 is 11.3 Å². The monoisotopic (exact) mass is 278 g/mol. The molecular weight excluding hydrogens is 263 g/mol. The number of nitrogens with zero attached hydrogens (tertiary/aromatic N) is 1. The lowest BCUT2D eigenvalue weighted by molar-refractivity contribution is 0.102. The number of aryl methyl sites for hydroxylation is 3. The average molecular weight is 278 g/mol. The minimum atomic E-state index is -0.482. The predicted molar refractivity (Wildman–Crippen MR) is 75.3 cm³/mol. The van der Waals surface area contributed by atoms with E-state index in [9.17, 15) is 9.18 Å². The highest BCUT2D eigenvalue weighted by Gasteiger charge is 2.15. The Bertz CT molecular complexity index is 622. The molecule has 0 spiro atoms. The zero-order chi connectivity index (χ0) is 14.0. The van der Waals surface area contributed by atoms with E-state index in [-0.39, 0.29) is 5.56 Å².